The smallest absolute Gasteiger partial charge is 0.339 e. The first-order valence-corrected chi connectivity index (χ1v) is 6.51. The summed E-state index contributed by atoms with van der Waals surface area (Å²) in [7, 11) is 0. The molecule has 0 fully saturated rings. The number of unbranched alkanes of at least 4 members (excludes halogenated alkanes) is 2. The first kappa shape index (κ1) is 14.5. The number of nitrogens with zero attached hydrogens (tertiary/aromatic N) is 1. The number of carboxylic acid groups (broad SMARTS) is 1. The van der Waals surface area contributed by atoms with Gasteiger partial charge in [-0.25, -0.2) is 9.78 Å². The first-order valence-electron chi connectivity index (χ1n) is 6.51. The first-order chi connectivity index (χ1) is 8.56. The van der Waals surface area contributed by atoms with Crippen molar-refractivity contribution in [3.63, 3.8) is 0 Å². The Hall–Kier alpha value is -1.58. The largest absolute Gasteiger partial charge is 0.478 e. The highest BCUT2D eigenvalue weighted by atomic mass is 16.4. The van der Waals surface area contributed by atoms with Crippen molar-refractivity contribution in [1.82, 2.24) is 4.98 Å². The Morgan fingerprint density at radius 2 is 2.22 bits per heavy atom. The van der Waals surface area contributed by atoms with Crippen LogP contribution in [0.5, 0.6) is 0 Å². The van der Waals surface area contributed by atoms with Gasteiger partial charge < -0.3 is 10.4 Å². The Labute approximate surface area is 108 Å². The molecule has 0 amide bonds. The van der Waals surface area contributed by atoms with E-state index in [2.05, 4.69) is 24.1 Å². The van der Waals surface area contributed by atoms with Crippen LogP contribution in [0.2, 0.25) is 0 Å². The van der Waals surface area contributed by atoms with Crippen LogP contribution in [0, 0.1) is 6.92 Å². The molecule has 1 atom stereocenters. The number of hydrogen-bond donors (Lipinski definition) is 2. The zero-order chi connectivity index (χ0) is 13.5. The second kappa shape index (κ2) is 6.99. The molecule has 2 N–H and O–H groups in total. The van der Waals surface area contributed by atoms with Gasteiger partial charge in [0.15, 0.2) is 0 Å². The van der Waals surface area contributed by atoms with E-state index in [9.17, 15) is 9.90 Å². The molecule has 18 heavy (non-hydrogen) atoms. The minimum Gasteiger partial charge on any atom is -0.478 e. The van der Waals surface area contributed by atoms with Crippen LogP contribution in [0.15, 0.2) is 12.3 Å². The third-order valence-electron chi connectivity index (χ3n) is 3.00. The van der Waals surface area contributed by atoms with Gasteiger partial charge in [-0.3, -0.25) is 0 Å². The summed E-state index contributed by atoms with van der Waals surface area (Å²) in [6, 6.07) is 1.96. The molecular weight excluding hydrogens is 228 g/mol. The van der Waals surface area contributed by atoms with Crippen molar-refractivity contribution in [1.29, 1.82) is 0 Å². The van der Waals surface area contributed by atoms with E-state index < -0.39 is 5.97 Å². The van der Waals surface area contributed by atoms with Crippen LogP contribution in [-0.4, -0.2) is 22.1 Å². The normalized spacial score (nSPS) is 12.2. The number of carbonyl (C=O) groups is 1. The lowest BCUT2D eigenvalue weighted by Gasteiger charge is -2.16. The average molecular weight is 250 g/mol. The second-order valence-electron chi connectivity index (χ2n) is 4.70. The number of nitrogens with one attached hydrogen (secondary N) is 1. The zero-order valence-electron chi connectivity index (χ0n) is 11.4. The molecule has 1 rings (SSSR count). The number of hydrogen-bond acceptors (Lipinski definition) is 3. The summed E-state index contributed by atoms with van der Waals surface area (Å²) in [4.78, 5) is 15.3. The molecule has 1 aromatic rings. The van der Waals surface area contributed by atoms with Crippen LogP contribution in [0.4, 0.5) is 5.82 Å². The fourth-order valence-corrected chi connectivity index (χ4v) is 1.94. The van der Waals surface area contributed by atoms with Crippen molar-refractivity contribution in [2.24, 2.45) is 0 Å². The van der Waals surface area contributed by atoms with Crippen LogP contribution in [-0.2, 0) is 0 Å². The number of aromatic carboxylic acids is 1. The van der Waals surface area contributed by atoms with Crippen molar-refractivity contribution in [2.75, 3.05) is 5.32 Å². The van der Waals surface area contributed by atoms with Crippen LogP contribution in [0.1, 0.15) is 55.5 Å². The monoisotopic (exact) mass is 250 g/mol. The molecule has 0 saturated carbocycles. The summed E-state index contributed by atoms with van der Waals surface area (Å²) in [6.07, 6.45) is 6.22. The van der Waals surface area contributed by atoms with Crippen molar-refractivity contribution in [3.05, 3.63) is 23.4 Å². The molecule has 0 radical (unpaired) electrons. The molecule has 100 valence electrons. The van der Waals surface area contributed by atoms with Gasteiger partial charge >= 0.3 is 5.97 Å². The van der Waals surface area contributed by atoms with Crippen LogP contribution in [0.25, 0.3) is 0 Å². The van der Waals surface area contributed by atoms with Crippen LogP contribution >= 0.6 is 0 Å². The van der Waals surface area contributed by atoms with Gasteiger partial charge in [-0.1, -0.05) is 26.2 Å². The Kier molecular flexibility index (Phi) is 5.62. The summed E-state index contributed by atoms with van der Waals surface area (Å²) in [5.41, 5.74) is 1.01. The van der Waals surface area contributed by atoms with E-state index in [0.717, 1.165) is 18.4 Å². The summed E-state index contributed by atoms with van der Waals surface area (Å²) in [6.45, 7) is 6.02. The van der Waals surface area contributed by atoms with Gasteiger partial charge in [0, 0.05) is 12.2 Å². The number of anilines is 1. The molecule has 4 heteroatoms. The average Bonchev–Trinajstić information content (AvgIpc) is 2.28. The van der Waals surface area contributed by atoms with Crippen molar-refractivity contribution in [3.8, 4) is 0 Å². The quantitative estimate of drug-likeness (QED) is 0.727. The fourth-order valence-electron chi connectivity index (χ4n) is 1.94. The standard InChI is InChI=1S/C14H22N2O2/c1-4-5-6-7-11(3)16-13-12(14(17)18)10(2)8-9-15-13/h8-9,11H,4-7H2,1-3H3,(H,15,16)(H,17,18). The SMILES string of the molecule is CCCCCC(C)Nc1nccc(C)c1C(=O)O. The molecule has 0 saturated heterocycles. The van der Waals surface area contributed by atoms with Crippen LogP contribution in [0.3, 0.4) is 0 Å². The van der Waals surface area contributed by atoms with E-state index in [1.165, 1.54) is 12.8 Å². The van der Waals surface area contributed by atoms with Crippen molar-refractivity contribution < 1.29 is 9.90 Å². The van der Waals surface area contributed by atoms with Gasteiger partial charge in [-0.05, 0) is 31.9 Å². The number of aryl methyl sites for hydroxylation is 1. The maximum absolute atomic E-state index is 11.2. The lowest BCUT2D eigenvalue weighted by Crippen LogP contribution is -2.19. The molecule has 0 aliphatic rings. The molecule has 1 unspecified atom stereocenters. The molecule has 0 aliphatic heterocycles. The third-order valence-corrected chi connectivity index (χ3v) is 3.00. The molecule has 0 aliphatic carbocycles. The van der Waals surface area contributed by atoms with Gasteiger partial charge in [0.1, 0.15) is 11.4 Å². The minimum absolute atomic E-state index is 0.240. The summed E-state index contributed by atoms with van der Waals surface area (Å²) >= 11 is 0. The van der Waals surface area contributed by atoms with Crippen molar-refractivity contribution in [2.45, 2.75) is 52.5 Å². The van der Waals surface area contributed by atoms with E-state index in [1.54, 1.807) is 19.2 Å². The molecule has 1 heterocycles. The molecule has 0 spiro atoms. The molecular formula is C14H22N2O2. The van der Waals surface area contributed by atoms with E-state index >= 15 is 0 Å². The van der Waals surface area contributed by atoms with Gasteiger partial charge in [-0.2, -0.15) is 0 Å². The summed E-state index contributed by atoms with van der Waals surface area (Å²) in [5, 5.41) is 12.4. The Balaban J connectivity index is 2.72. The topological polar surface area (TPSA) is 62.2 Å². The van der Waals surface area contributed by atoms with E-state index in [-0.39, 0.29) is 11.6 Å². The lowest BCUT2D eigenvalue weighted by molar-refractivity contribution is 0.0697. The highest BCUT2D eigenvalue weighted by Gasteiger charge is 2.15. The van der Waals surface area contributed by atoms with Crippen LogP contribution < -0.4 is 5.32 Å². The molecule has 0 aromatic carbocycles. The van der Waals surface area contributed by atoms with E-state index in [4.69, 9.17) is 0 Å². The van der Waals surface area contributed by atoms with Crippen molar-refractivity contribution >= 4 is 11.8 Å². The maximum atomic E-state index is 11.2. The van der Waals surface area contributed by atoms with E-state index in [0.29, 0.717) is 5.82 Å². The molecule has 4 nitrogen and oxygen atoms in total. The highest BCUT2D eigenvalue weighted by molar-refractivity contribution is 5.94. The van der Waals surface area contributed by atoms with Gasteiger partial charge in [-0.15, -0.1) is 0 Å². The number of rotatable bonds is 7. The van der Waals surface area contributed by atoms with Gasteiger partial charge in [0.2, 0.25) is 0 Å². The minimum atomic E-state index is -0.927. The fraction of sp³-hybridized carbons (Fsp3) is 0.571. The van der Waals surface area contributed by atoms with Gasteiger partial charge in [0.05, 0.1) is 0 Å². The third kappa shape index (κ3) is 4.02. The second-order valence-corrected chi connectivity index (χ2v) is 4.70. The predicted molar refractivity (Wildman–Crippen MR) is 73.2 cm³/mol. The molecule has 0 bridgehead atoms. The maximum Gasteiger partial charge on any atom is 0.339 e. The zero-order valence-corrected chi connectivity index (χ0v) is 11.4. The summed E-state index contributed by atoms with van der Waals surface area (Å²) in [5.74, 6) is -0.449. The molecule has 1 aromatic heterocycles. The number of carboxylic acids is 1. The highest BCUT2D eigenvalue weighted by Crippen LogP contribution is 2.18. The van der Waals surface area contributed by atoms with E-state index in [1.807, 2.05) is 0 Å². The number of pyridine rings is 1. The summed E-state index contributed by atoms with van der Waals surface area (Å²) < 4.78 is 0. The lowest BCUT2D eigenvalue weighted by atomic mass is 10.1. The predicted octanol–water partition coefficient (Wildman–Crippen LogP) is 3.47. The van der Waals surface area contributed by atoms with Gasteiger partial charge in [0.25, 0.3) is 0 Å². The Bertz CT molecular complexity index is 405. The Morgan fingerprint density at radius 1 is 1.50 bits per heavy atom. The number of aromatic nitrogens is 1. The Morgan fingerprint density at radius 3 is 2.83 bits per heavy atom.